The fourth-order valence-corrected chi connectivity index (χ4v) is 2.18. The van der Waals surface area contributed by atoms with Crippen molar-refractivity contribution in [1.29, 1.82) is 0 Å². The lowest BCUT2D eigenvalue weighted by molar-refractivity contribution is 0.102. The van der Waals surface area contributed by atoms with E-state index in [-0.39, 0.29) is 5.91 Å². The Balaban J connectivity index is 2.16. The third-order valence-electron chi connectivity index (χ3n) is 3.08. The maximum Gasteiger partial charge on any atom is 0.257 e. The predicted molar refractivity (Wildman–Crippen MR) is 84.6 cm³/mol. The van der Waals surface area contributed by atoms with E-state index in [9.17, 15) is 4.79 Å². The van der Waals surface area contributed by atoms with E-state index in [0.717, 1.165) is 11.1 Å². The molecule has 0 unspecified atom stereocenters. The van der Waals surface area contributed by atoms with Crippen molar-refractivity contribution in [3.8, 4) is 0 Å². The molecular formula is C16H15ClN2O2. The van der Waals surface area contributed by atoms with E-state index < -0.39 is 0 Å². The van der Waals surface area contributed by atoms with Crippen molar-refractivity contribution in [1.82, 2.24) is 0 Å². The zero-order valence-corrected chi connectivity index (χ0v) is 12.5. The van der Waals surface area contributed by atoms with E-state index in [2.05, 4.69) is 10.5 Å². The molecule has 4 nitrogen and oxygen atoms in total. The van der Waals surface area contributed by atoms with Gasteiger partial charge in [-0.15, -0.1) is 0 Å². The lowest BCUT2D eigenvalue weighted by Gasteiger charge is -2.08. The molecule has 2 aromatic rings. The van der Waals surface area contributed by atoms with Gasteiger partial charge >= 0.3 is 0 Å². The van der Waals surface area contributed by atoms with E-state index in [1.54, 1.807) is 43.3 Å². The molecule has 0 aliphatic carbocycles. The summed E-state index contributed by atoms with van der Waals surface area (Å²) in [6.07, 6.45) is 0. The van der Waals surface area contributed by atoms with Crippen LogP contribution in [-0.2, 0) is 0 Å². The Morgan fingerprint density at radius 3 is 2.43 bits per heavy atom. The Bertz CT molecular complexity index is 694. The number of benzene rings is 2. The summed E-state index contributed by atoms with van der Waals surface area (Å²) >= 11 is 6.07. The van der Waals surface area contributed by atoms with Crippen molar-refractivity contribution in [3.05, 3.63) is 64.2 Å². The Morgan fingerprint density at radius 1 is 1.19 bits per heavy atom. The van der Waals surface area contributed by atoms with Gasteiger partial charge in [-0.2, -0.15) is 0 Å². The maximum atomic E-state index is 12.2. The number of hydrogen-bond donors (Lipinski definition) is 2. The van der Waals surface area contributed by atoms with Crippen LogP contribution in [0.15, 0.2) is 47.6 Å². The molecule has 0 aromatic heterocycles. The number of hydrogen-bond acceptors (Lipinski definition) is 3. The molecule has 0 saturated carbocycles. The fourth-order valence-electron chi connectivity index (χ4n) is 1.86. The molecule has 0 atom stereocenters. The van der Waals surface area contributed by atoms with Crippen LogP contribution in [0.3, 0.4) is 0 Å². The first-order chi connectivity index (χ1) is 10.0. The summed E-state index contributed by atoms with van der Waals surface area (Å²) in [6.45, 7) is 3.61. The van der Waals surface area contributed by atoms with Crippen molar-refractivity contribution in [2.75, 3.05) is 5.32 Å². The van der Waals surface area contributed by atoms with E-state index in [1.807, 2.05) is 13.0 Å². The Kier molecular flexibility index (Phi) is 4.60. The number of nitrogens with one attached hydrogen (secondary N) is 1. The van der Waals surface area contributed by atoms with E-state index in [1.165, 1.54) is 0 Å². The summed E-state index contributed by atoms with van der Waals surface area (Å²) < 4.78 is 0. The van der Waals surface area contributed by atoms with Crippen molar-refractivity contribution < 1.29 is 10.0 Å². The van der Waals surface area contributed by atoms with Gasteiger partial charge in [0.25, 0.3) is 5.91 Å². The number of halogens is 1. The molecule has 0 aliphatic heterocycles. The Morgan fingerprint density at radius 2 is 1.86 bits per heavy atom. The SMILES string of the molecule is C/C(=N/O)c1ccc(NC(=O)c2ccc(C)cc2Cl)cc1. The van der Waals surface area contributed by atoms with Gasteiger partial charge in [-0.1, -0.05) is 35.0 Å². The summed E-state index contributed by atoms with van der Waals surface area (Å²) in [4.78, 5) is 12.2. The number of nitrogens with zero attached hydrogens (tertiary/aromatic N) is 1. The summed E-state index contributed by atoms with van der Waals surface area (Å²) in [5.74, 6) is -0.264. The molecule has 5 heteroatoms. The highest BCUT2D eigenvalue weighted by molar-refractivity contribution is 6.34. The molecule has 0 saturated heterocycles. The number of anilines is 1. The van der Waals surface area contributed by atoms with E-state index in [4.69, 9.17) is 16.8 Å². The fraction of sp³-hybridized carbons (Fsp3) is 0.125. The van der Waals surface area contributed by atoms with Crippen LogP contribution in [-0.4, -0.2) is 16.8 Å². The van der Waals surface area contributed by atoms with Crippen molar-refractivity contribution in [3.63, 3.8) is 0 Å². The van der Waals surface area contributed by atoms with Crippen molar-refractivity contribution >= 4 is 28.9 Å². The van der Waals surface area contributed by atoms with Gasteiger partial charge in [0.15, 0.2) is 0 Å². The second kappa shape index (κ2) is 6.41. The predicted octanol–water partition coefficient (Wildman–Crippen LogP) is 4.10. The van der Waals surface area contributed by atoms with Crippen LogP contribution < -0.4 is 5.32 Å². The van der Waals surface area contributed by atoms with E-state index in [0.29, 0.717) is 22.0 Å². The molecule has 2 aromatic carbocycles. The summed E-state index contributed by atoms with van der Waals surface area (Å²) in [5, 5.41) is 15.0. The lowest BCUT2D eigenvalue weighted by atomic mass is 10.1. The molecule has 1 amide bonds. The third kappa shape index (κ3) is 3.61. The second-order valence-corrected chi connectivity index (χ2v) is 5.11. The second-order valence-electron chi connectivity index (χ2n) is 4.70. The average Bonchev–Trinajstić information content (AvgIpc) is 2.47. The molecular weight excluding hydrogens is 288 g/mol. The highest BCUT2D eigenvalue weighted by atomic mass is 35.5. The van der Waals surface area contributed by atoms with Gasteiger partial charge in [0, 0.05) is 5.69 Å². The molecule has 0 bridgehead atoms. The summed E-state index contributed by atoms with van der Waals surface area (Å²) in [5.41, 5.74) is 3.36. The van der Waals surface area contributed by atoms with Crippen LogP contribution in [0.4, 0.5) is 5.69 Å². The van der Waals surface area contributed by atoms with Crippen molar-refractivity contribution in [2.24, 2.45) is 5.16 Å². The summed E-state index contributed by atoms with van der Waals surface area (Å²) in [7, 11) is 0. The van der Waals surface area contributed by atoms with Gasteiger partial charge in [0.05, 0.1) is 16.3 Å². The van der Waals surface area contributed by atoms with Crippen LogP contribution in [0.2, 0.25) is 5.02 Å². The van der Waals surface area contributed by atoms with Gasteiger partial charge in [-0.25, -0.2) is 0 Å². The van der Waals surface area contributed by atoms with E-state index >= 15 is 0 Å². The molecule has 2 N–H and O–H groups in total. The Hall–Kier alpha value is -2.33. The first-order valence-corrected chi connectivity index (χ1v) is 6.75. The highest BCUT2D eigenvalue weighted by Crippen LogP contribution is 2.19. The third-order valence-corrected chi connectivity index (χ3v) is 3.39. The minimum absolute atomic E-state index is 0.264. The number of oxime groups is 1. The van der Waals surface area contributed by atoms with Gasteiger partial charge < -0.3 is 10.5 Å². The number of carbonyl (C=O) groups excluding carboxylic acids is 1. The standard InChI is InChI=1S/C16H15ClN2O2/c1-10-3-8-14(15(17)9-10)16(20)18-13-6-4-12(5-7-13)11(2)19-21/h3-9,21H,1-2H3,(H,18,20)/b19-11-. The molecule has 0 spiro atoms. The van der Waals surface area contributed by atoms with Crippen LogP contribution in [0, 0.1) is 6.92 Å². The number of amides is 1. The molecule has 0 fully saturated rings. The smallest absolute Gasteiger partial charge is 0.257 e. The molecule has 21 heavy (non-hydrogen) atoms. The van der Waals surface area contributed by atoms with Gasteiger partial charge in [-0.3, -0.25) is 4.79 Å². The number of aryl methyl sites for hydroxylation is 1. The number of rotatable bonds is 3. The van der Waals surface area contributed by atoms with Crippen LogP contribution in [0.5, 0.6) is 0 Å². The van der Waals surface area contributed by atoms with Crippen LogP contribution in [0.25, 0.3) is 0 Å². The van der Waals surface area contributed by atoms with Gasteiger partial charge in [-0.05, 0) is 49.2 Å². The quantitative estimate of drug-likeness (QED) is 0.509. The van der Waals surface area contributed by atoms with Crippen LogP contribution >= 0.6 is 11.6 Å². The molecule has 0 aliphatic rings. The normalized spacial score (nSPS) is 11.3. The minimum atomic E-state index is -0.264. The number of carbonyl (C=O) groups is 1. The summed E-state index contributed by atoms with van der Waals surface area (Å²) in [6, 6.07) is 12.3. The molecule has 0 heterocycles. The maximum absolute atomic E-state index is 12.2. The highest BCUT2D eigenvalue weighted by Gasteiger charge is 2.10. The average molecular weight is 303 g/mol. The van der Waals surface area contributed by atoms with Crippen LogP contribution in [0.1, 0.15) is 28.4 Å². The Labute approximate surface area is 128 Å². The molecule has 108 valence electrons. The first-order valence-electron chi connectivity index (χ1n) is 6.38. The molecule has 2 rings (SSSR count). The van der Waals surface area contributed by atoms with Gasteiger partial charge in [0.1, 0.15) is 0 Å². The minimum Gasteiger partial charge on any atom is -0.411 e. The first kappa shape index (κ1) is 15.1. The zero-order chi connectivity index (χ0) is 15.4. The molecule has 0 radical (unpaired) electrons. The topological polar surface area (TPSA) is 61.7 Å². The van der Waals surface area contributed by atoms with Crippen molar-refractivity contribution in [2.45, 2.75) is 13.8 Å². The largest absolute Gasteiger partial charge is 0.411 e. The lowest BCUT2D eigenvalue weighted by Crippen LogP contribution is -2.12. The zero-order valence-electron chi connectivity index (χ0n) is 11.7. The van der Waals surface area contributed by atoms with Gasteiger partial charge in [0.2, 0.25) is 0 Å². The monoisotopic (exact) mass is 302 g/mol.